The summed E-state index contributed by atoms with van der Waals surface area (Å²) >= 11 is 0. The van der Waals surface area contributed by atoms with E-state index in [4.69, 9.17) is 10.5 Å². The second-order valence-electron chi connectivity index (χ2n) is 7.28. The van der Waals surface area contributed by atoms with Crippen molar-refractivity contribution in [1.82, 2.24) is 10.3 Å². The average molecular weight is 341 g/mol. The van der Waals surface area contributed by atoms with Crippen LogP contribution >= 0.6 is 0 Å². The summed E-state index contributed by atoms with van der Waals surface area (Å²) in [6.45, 7) is 1.54. The van der Waals surface area contributed by atoms with Crippen molar-refractivity contribution in [3.8, 4) is 11.3 Å². The lowest BCUT2D eigenvalue weighted by Crippen LogP contribution is -2.61. The molecule has 4 rings (SSSR count). The molecular weight excluding hydrogens is 317 g/mol. The number of aromatic nitrogens is 1. The van der Waals surface area contributed by atoms with Crippen molar-refractivity contribution in [2.75, 3.05) is 18.9 Å². The van der Waals surface area contributed by atoms with E-state index in [1.165, 1.54) is 12.8 Å². The fraction of sp³-hybridized carbons (Fsp3) is 0.450. The molecule has 0 saturated carbocycles. The monoisotopic (exact) mass is 341 g/mol. The second-order valence-corrected chi connectivity index (χ2v) is 7.28. The SMILES string of the molecule is Nc1cccc(-c2ccc(CCC34CCCC(COC3)N4)c(F)c2)n1. The minimum Gasteiger partial charge on any atom is -0.384 e. The van der Waals surface area contributed by atoms with E-state index in [1.54, 1.807) is 12.1 Å². The molecule has 2 bridgehead atoms. The zero-order chi connectivity index (χ0) is 17.3. The van der Waals surface area contributed by atoms with E-state index in [0.29, 0.717) is 24.0 Å². The molecule has 1 aromatic carbocycles. The van der Waals surface area contributed by atoms with E-state index in [9.17, 15) is 4.39 Å². The third-order valence-corrected chi connectivity index (χ3v) is 5.41. The van der Waals surface area contributed by atoms with Gasteiger partial charge in [0.05, 0.1) is 18.9 Å². The van der Waals surface area contributed by atoms with Crippen LogP contribution in [0.3, 0.4) is 0 Å². The van der Waals surface area contributed by atoms with Crippen LogP contribution in [0.15, 0.2) is 36.4 Å². The molecule has 2 saturated heterocycles. The Bertz CT molecular complexity index is 754. The predicted molar refractivity (Wildman–Crippen MR) is 96.7 cm³/mol. The summed E-state index contributed by atoms with van der Waals surface area (Å²) in [6, 6.07) is 11.2. The number of ether oxygens (including phenoxy) is 1. The van der Waals surface area contributed by atoms with Crippen LogP contribution in [0.5, 0.6) is 0 Å². The van der Waals surface area contributed by atoms with E-state index in [1.807, 2.05) is 24.3 Å². The molecule has 0 amide bonds. The van der Waals surface area contributed by atoms with Crippen LogP contribution in [-0.2, 0) is 11.2 Å². The number of hydrogen-bond donors (Lipinski definition) is 2. The third kappa shape index (κ3) is 3.53. The van der Waals surface area contributed by atoms with E-state index >= 15 is 0 Å². The fourth-order valence-corrected chi connectivity index (χ4v) is 4.06. The molecule has 2 fully saturated rings. The van der Waals surface area contributed by atoms with Crippen molar-refractivity contribution in [3.05, 3.63) is 47.8 Å². The zero-order valence-corrected chi connectivity index (χ0v) is 14.3. The number of nitrogens with two attached hydrogens (primary N) is 1. The van der Waals surface area contributed by atoms with Crippen LogP contribution in [0.4, 0.5) is 10.2 Å². The number of halogens is 1. The first-order valence-corrected chi connectivity index (χ1v) is 9.00. The first-order valence-electron chi connectivity index (χ1n) is 9.00. The quantitative estimate of drug-likeness (QED) is 0.896. The number of anilines is 1. The van der Waals surface area contributed by atoms with Crippen molar-refractivity contribution >= 4 is 5.82 Å². The Kier molecular flexibility index (Phi) is 4.44. The number of piperidine rings is 1. The Hall–Kier alpha value is -1.98. The van der Waals surface area contributed by atoms with Crippen molar-refractivity contribution in [2.45, 2.75) is 43.7 Å². The van der Waals surface area contributed by atoms with Crippen molar-refractivity contribution in [1.29, 1.82) is 0 Å². The predicted octanol–water partition coefficient (Wildman–Crippen LogP) is 3.31. The largest absolute Gasteiger partial charge is 0.384 e. The number of nitrogens with one attached hydrogen (secondary N) is 1. The molecule has 3 heterocycles. The summed E-state index contributed by atoms with van der Waals surface area (Å²) in [5, 5.41) is 3.73. The van der Waals surface area contributed by atoms with Crippen LogP contribution in [0.25, 0.3) is 11.3 Å². The van der Waals surface area contributed by atoms with Crippen molar-refractivity contribution in [3.63, 3.8) is 0 Å². The number of nitrogens with zero attached hydrogens (tertiary/aromatic N) is 1. The molecule has 2 unspecified atom stereocenters. The van der Waals surface area contributed by atoms with Gasteiger partial charge in [-0.2, -0.15) is 0 Å². The highest BCUT2D eigenvalue weighted by molar-refractivity contribution is 5.61. The van der Waals surface area contributed by atoms with Gasteiger partial charge in [-0.05, 0) is 55.9 Å². The highest BCUT2D eigenvalue weighted by Gasteiger charge is 2.39. The number of rotatable bonds is 4. The molecule has 2 aliphatic heterocycles. The van der Waals surface area contributed by atoms with Crippen molar-refractivity contribution < 1.29 is 9.13 Å². The smallest absolute Gasteiger partial charge is 0.127 e. The van der Waals surface area contributed by atoms with E-state index in [-0.39, 0.29) is 11.4 Å². The molecule has 2 aliphatic rings. The van der Waals surface area contributed by atoms with E-state index in [0.717, 1.165) is 37.2 Å². The number of nitrogen functional groups attached to an aromatic ring is 1. The van der Waals surface area contributed by atoms with Crippen LogP contribution in [0, 0.1) is 5.82 Å². The highest BCUT2D eigenvalue weighted by atomic mass is 19.1. The van der Waals surface area contributed by atoms with Gasteiger partial charge in [0.2, 0.25) is 0 Å². The number of fused-ring (bicyclic) bond motifs is 2. The van der Waals surface area contributed by atoms with Crippen LogP contribution in [0.1, 0.15) is 31.2 Å². The lowest BCUT2D eigenvalue weighted by molar-refractivity contribution is -0.0299. The molecule has 2 atom stereocenters. The van der Waals surface area contributed by atoms with Gasteiger partial charge < -0.3 is 15.8 Å². The fourth-order valence-electron chi connectivity index (χ4n) is 4.06. The molecule has 0 spiro atoms. The standard InChI is InChI=1S/C20H24FN3O/c21-17-11-15(18-4-1-5-19(22)23-18)7-6-14(17)8-10-20-9-2-3-16(24-20)12-25-13-20/h1,4-7,11,16,24H,2-3,8-10,12-13H2,(H2,22,23). The Balaban J connectivity index is 1.48. The first-order chi connectivity index (χ1) is 12.1. The Morgan fingerprint density at radius 1 is 1.32 bits per heavy atom. The molecule has 25 heavy (non-hydrogen) atoms. The molecule has 132 valence electrons. The van der Waals surface area contributed by atoms with Gasteiger partial charge in [-0.15, -0.1) is 0 Å². The van der Waals surface area contributed by atoms with Gasteiger partial charge in [0, 0.05) is 17.1 Å². The van der Waals surface area contributed by atoms with E-state index < -0.39 is 0 Å². The summed E-state index contributed by atoms with van der Waals surface area (Å²) in [5.74, 6) is 0.263. The van der Waals surface area contributed by atoms with Gasteiger partial charge in [-0.1, -0.05) is 18.2 Å². The average Bonchev–Trinajstić information content (AvgIpc) is 2.61. The maximum atomic E-state index is 14.6. The van der Waals surface area contributed by atoms with Gasteiger partial charge in [0.1, 0.15) is 11.6 Å². The number of hydrogen-bond acceptors (Lipinski definition) is 4. The highest BCUT2D eigenvalue weighted by Crippen LogP contribution is 2.31. The molecule has 3 N–H and O–H groups in total. The lowest BCUT2D eigenvalue weighted by Gasteiger charge is -2.46. The molecule has 0 aliphatic carbocycles. The number of aryl methyl sites for hydroxylation is 1. The van der Waals surface area contributed by atoms with Gasteiger partial charge in [-0.25, -0.2) is 9.37 Å². The minimum absolute atomic E-state index is 0.0156. The van der Waals surface area contributed by atoms with E-state index in [2.05, 4.69) is 10.3 Å². The number of benzene rings is 1. The Labute approximate surface area is 147 Å². The first kappa shape index (κ1) is 16.5. The maximum Gasteiger partial charge on any atom is 0.127 e. The van der Waals surface area contributed by atoms with Gasteiger partial charge >= 0.3 is 0 Å². The summed E-state index contributed by atoms with van der Waals surface area (Å²) in [6.07, 6.45) is 5.12. The molecule has 4 nitrogen and oxygen atoms in total. The summed E-state index contributed by atoms with van der Waals surface area (Å²) in [7, 11) is 0. The molecular formula is C20H24FN3O. The molecule has 5 heteroatoms. The molecule has 2 aromatic rings. The van der Waals surface area contributed by atoms with Gasteiger partial charge in [-0.3, -0.25) is 0 Å². The summed E-state index contributed by atoms with van der Waals surface area (Å²) in [5.41, 5.74) is 7.93. The Morgan fingerprint density at radius 3 is 3.08 bits per heavy atom. The minimum atomic E-state index is -0.179. The van der Waals surface area contributed by atoms with Crippen LogP contribution in [0.2, 0.25) is 0 Å². The van der Waals surface area contributed by atoms with Crippen molar-refractivity contribution in [2.24, 2.45) is 0 Å². The summed E-state index contributed by atoms with van der Waals surface area (Å²) < 4.78 is 20.4. The third-order valence-electron chi connectivity index (χ3n) is 5.41. The zero-order valence-electron chi connectivity index (χ0n) is 14.3. The maximum absolute atomic E-state index is 14.6. The summed E-state index contributed by atoms with van der Waals surface area (Å²) in [4.78, 5) is 4.26. The normalized spacial score (nSPS) is 25.7. The van der Waals surface area contributed by atoms with Gasteiger partial charge in [0.15, 0.2) is 0 Å². The second kappa shape index (κ2) is 6.73. The Morgan fingerprint density at radius 2 is 2.24 bits per heavy atom. The number of pyridine rings is 1. The van der Waals surface area contributed by atoms with Gasteiger partial charge in [0.25, 0.3) is 0 Å². The topological polar surface area (TPSA) is 60.2 Å². The van der Waals surface area contributed by atoms with Crippen LogP contribution in [-0.4, -0.2) is 29.8 Å². The number of morpholine rings is 1. The van der Waals surface area contributed by atoms with Crippen LogP contribution < -0.4 is 11.1 Å². The molecule has 0 radical (unpaired) electrons. The molecule has 1 aromatic heterocycles. The lowest BCUT2D eigenvalue weighted by atomic mass is 9.80.